The average Bonchev–Trinajstić information content (AvgIpc) is 2.71. The molecule has 15 nitrogen and oxygen atoms in total. The Morgan fingerprint density at radius 3 is 2.17 bits per heavy atom. The molecule has 1 aromatic heterocycles. The van der Waals surface area contributed by atoms with Gasteiger partial charge in [-0.15, -0.1) is 0 Å². The third-order valence-electron chi connectivity index (χ3n) is 3.06. The van der Waals surface area contributed by atoms with Crippen LogP contribution < -0.4 is 115 Å². The first-order valence-corrected chi connectivity index (χ1v) is 9.34. The number of H-pyrrole nitrogens is 1. The summed E-state index contributed by atoms with van der Waals surface area (Å²) in [6, 6.07) is 0.938. The van der Waals surface area contributed by atoms with Gasteiger partial charge in [-0.05, 0) is 0 Å². The first-order valence-electron chi connectivity index (χ1n) is 6.42. The van der Waals surface area contributed by atoms with Crippen molar-refractivity contribution in [2.75, 3.05) is 6.61 Å². The Morgan fingerprint density at radius 2 is 1.69 bits per heavy atom. The van der Waals surface area contributed by atoms with Gasteiger partial charge in [0.25, 0.3) is 13.4 Å². The minimum atomic E-state index is -5.88. The predicted octanol–water partition coefficient (Wildman–Crippen LogP) is -14.3. The Bertz CT molecular complexity index is 843. The quantitative estimate of drug-likeness (QED) is 0.249. The number of hydrogen-bond acceptors (Lipinski definition) is 12. The van der Waals surface area contributed by atoms with Crippen LogP contribution in [0.5, 0.6) is 0 Å². The van der Waals surface area contributed by atoms with Crippen LogP contribution in [0, 0.1) is 0 Å². The first kappa shape index (κ1) is 35.4. The van der Waals surface area contributed by atoms with Crippen molar-refractivity contribution in [3.8, 4) is 0 Å². The van der Waals surface area contributed by atoms with E-state index in [4.69, 9.17) is 4.74 Å². The first-order chi connectivity index (χ1) is 11.4. The van der Waals surface area contributed by atoms with E-state index in [9.17, 15) is 43.6 Å². The molecule has 1 aliphatic rings. The van der Waals surface area contributed by atoms with Gasteiger partial charge in [-0.3, -0.25) is 23.2 Å². The van der Waals surface area contributed by atoms with Gasteiger partial charge in [0.1, 0.15) is 18.3 Å². The zero-order valence-electron chi connectivity index (χ0n) is 15.5. The van der Waals surface area contributed by atoms with Crippen LogP contribution >= 0.6 is 15.6 Å². The van der Waals surface area contributed by atoms with Crippen LogP contribution in [-0.2, 0) is 22.7 Å². The minimum absolute atomic E-state index is 0. The third-order valence-corrected chi connectivity index (χ3v) is 5.12. The number of phosphoric ester groups is 1. The van der Waals surface area contributed by atoms with E-state index >= 15 is 0 Å². The second kappa shape index (κ2) is 14.1. The summed E-state index contributed by atoms with van der Waals surface area (Å²) in [5.41, 5.74) is -1.69. The smallest absolute Gasteiger partial charge is 0.790 e. The number of hydrogen-bond donors (Lipinski definition) is 3. The largest absolute Gasteiger partial charge is 1.00 e. The van der Waals surface area contributed by atoms with E-state index in [1.807, 2.05) is 4.98 Å². The van der Waals surface area contributed by atoms with E-state index in [0.29, 0.717) is 0 Å². The molecule has 1 aromatic rings. The van der Waals surface area contributed by atoms with E-state index in [-0.39, 0.29) is 94.1 Å². The van der Waals surface area contributed by atoms with Crippen LogP contribution in [-0.4, -0.2) is 50.2 Å². The van der Waals surface area contributed by atoms with Crippen LogP contribution in [0.1, 0.15) is 6.23 Å². The maximum Gasteiger partial charge on any atom is 1.00 e. The second-order valence-electron chi connectivity index (χ2n) is 4.84. The van der Waals surface area contributed by atoms with Crippen molar-refractivity contribution >= 4 is 15.6 Å². The summed E-state index contributed by atoms with van der Waals surface area (Å²) < 4.78 is 34.6. The number of aromatic amines is 1. The number of nitrogens with one attached hydrogen (secondary N) is 1. The summed E-state index contributed by atoms with van der Waals surface area (Å²) >= 11 is 0. The Balaban J connectivity index is -0.00000169. The number of nitrogens with zero attached hydrogens (tertiary/aromatic N) is 1. The Morgan fingerprint density at radius 1 is 1.14 bits per heavy atom. The molecule has 1 unspecified atom stereocenters. The van der Waals surface area contributed by atoms with Gasteiger partial charge in [0.2, 0.25) is 0 Å². The molecule has 1 saturated heterocycles. The SMILES string of the molecule is O.O=c1ccn([C@@H]2O[C@H](COP(=O)([O-])OP(=O)([O-])[O-])[C@@H](O)[C@H]2O)c(=O)[nH]1.[Na+].[Na+].[Na+]. The fraction of sp³-hybridized carbons (Fsp3) is 0.556. The van der Waals surface area contributed by atoms with Gasteiger partial charge in [0.15, 0.2) is 6.23 Å². The zero-order chi connectivity index (χ0) is 19.0. The molecule has 20 heteroatoms. The maximum atomic E-state index is 11.6. The number of aliphatic hydroxyl groups excluding tert-OH is 2. The van der Waals surface area contributed by atoms with Gasteiger partial charge in [-0.25, -0.2) is 4.79 Å². The molecule has 5 N–H and O–H groups in total. The molecule has 5 atom stereocenters. The van der Waals surface area contributed by atoms with Gasteiger partial charge in [0, 0.05) is 12.3 Å². The number of ether oxygens (including phenoxy) is 1. The van der Waals surface area contributed by atoms with Crippen LogP contribution in [0.3, 0.4) is 0 Å². The van der Waals surface area contributed by atoms with Crippen molar-refractivity contribution in [2.24, 2.45) is 0 Å². The van der Waals surface area contributed by atoms with Crippen molar-refractivity contribution in [2.45, 2.75) is 24.5 Å². The fourth-order valence-electron chi connectivity index (χ4n) is 2.04. The van der Waals surface area contributed by atoms with Crippen molar-refractivity contribution in [3.63, 3.8) is 0 Å². The maximum absolute atomic E-state index is 11.6. The summed E-state index contributed by atoms with van der Waals surface area (Å²) in [6.07, 6.45) is -5.51. The van der Waals surface area contributed by atoms with Crippen LogP contribution in [0.25, 0.3) is 0 Å². The van der Waals surface area contributed by atoms with Crippen molar-refractivity contribution in [1.29, 1.82) is 0 Å². The van der Waals surface area contributed by atoms with Crippen LogP contribution in [0.4, 0.5) is 0 Å². The molecule has 0 spiro atoms. The van der Waals surface area contributed by atoms with E-state index in [1.165, 1.54) is 0 Å². The molecule has 150 valence electrons. The molecule has 0 aromatic carbocycles. The van der Waals surface area contributed by atoms with E-state index < -0.39 is 58.0 Å². The Kier molecular flexibility index (Phi) is 17.2. The van der Waals surface area contributed by atoms with Crippen molar-refractivity contribution < 1.29 is 142 Å². The number of aliphatic hydroxyl groups is 2. The summed E-state index contributed by atoms with van der Waals surface area (Å²) in [4.78, 5) is 56.2. The van der Waals surface area contributed by atoms with Gasteiger partial charge in [0.05, 0.1) is 14.4 Å². The molecular formula is C9H13N2Na3O13P2. The van der Waals surface area contributed by atoms with Gasteiger partial charge < -0.3 is 44.2 Å². The number of rotatable bonds is 6. The number of phosphoric acid groups is 2. The molecule has 0 aliphatic carbocycles. The number of aromatic nitrogens is 2. The molecule has 1 aliphatic heterocycles. The molecular weight excluding hydrogens is 475 g/mol. The van der Waals surface area contributed by atoms with Crippen molar-refractivity contribution in [1.82, 2.24) is 9.55 Å². The summed E-state index contributed by atoms with van der Waals surface area (Å²) in [7, 11) is -11.4. The Labute approximate surface area is 228 Å². The third kappa shape index (κ3) is 10.5. The summed E-state index contributed by atoms with van der Waals surface area (Å²) in [5, 5.41) is 19.7. The fourth-order valence-corrected chi connectivity index (χ4v) is 3.53. The van der Waals surface area contributed by atoms with Crippen LogP contribution in [0.15, 0.2) is 21.9 Å². The van der Waals surface area contributed by atoms with E-state index in [2.05, 4.69) is 8.83 Å². The molecule has 2 heterocycles. The summed E-state index contributed by atoms with van der Waals surface area (Å²) in [5.74, 6) is 0. The topological polar surface area (TPSA) is 258 Å². The molecule has 0 amide bonds. The average molecular weight is 488 g/mol. The van der Waals surface area contributed by atoms with Crippen molar-refractivity contribution in [3.05, 3.63) is 33.1 Å². The molecule has 0 radical (unpaired) electrons. The monoisotopic (exact) mass is 488 g/mol. The van der Waals surface area contributed by atoms with Gasteiger partial charge >= 0.3 is 94.4 Å². The van der Waals surface area contributed by atoms with E-state index in [0.717, 1.165) is 16.8 Å². The second-order valence-corrected chi connectivity index (χ2v) is 7.54. The standard InChI is InChI=1S/C9H14N2O12P2.3Na.H2O/c12-5-1-2-11(9(15)10-5)8-7(14)6(13)4(22-8)3-21-25(19,20)23-24(16,17)18;;;;/h1-2,4,6-8,13-14H,3H2,(H,19,20)(H,10,12,15)(H2,16,17,18);;;;1H2/q;3*+1;/p-3/t4-,6-,7-,8-;;;;/m1..../s1. The predicted molar refractivity (Wildman–Crippen MR) is 73.1 cm³/mol. The van der Waals surface area contributed by atoms with E-state index in [1.54, 1.807) is 0 Å². The minimum Gasteiger partial charge on any atom is -0.790 e. The normalized spacial score (nSPS) is 25.4. The van der Waals surface area contributed by atoms with Gasteiger partial charge in [-0.2, -0.15) is 0 Å². The molecule has 29 heavy (non-hydrogen) atoms. The summed E-state index contributed by atoms with van der Waals surface area (Å²) in [6.45, 7) is -1.02. The van der Waals surface area contributed by atoms with Crippen LogP contribution in [0.2, 0.25) is 0 Å². The van der Waals surface area contributed by atoms with Gasteiger partial charge in [-0.1, -0.05) is 0 Å². The molecule has 0 bridgehead atoms. The zero-order valence-corrected chi connectivity index (χ0v) is 23.3. The molecule has 1 fully saturated rings. The Hall–Kier alpha value is 1.78. The molecule has 0 saturated carbocycles. The molecule has 2 rings (SSSR count).